The molecule has 3 aromatic rings. The van der Waals surface area contributed by atoms with Crippen molar-refractivity contribution in [2.45, 2.75) is 13.8 Å². The van der Waals surface area contributed by atoms with Crippen LogP contribution in [0.5, 0.6) is 11.5 Å². The molecule has 0 saturated carbocycles. The monoisotopic (exact) mass is 305 g/mol. The molecule has 116 valence electrons. The summed E-state index contributed by atoms with van der Waals surface area (Å²) in [6.07, 6.45) is 0. The molecule has 23 heavy (non-hydrogen) atoms. The van der Waals surface area contributed by atoms with E-state index in [0.29, 0.717) is 5.56 Å². The van der Waals surface area contributed by atoms with Gasteiger partial charge in [-0.1, -0.05) is 36.4 Å². The minimum Gasteiger partial charge on any atom is -0.504 e. The molecule has 0 atom stereocenters. The zero-order valence-electron chi connectivity index (χ0n) is 13.2. The van der Waals surface area contributed by atoms with E-state index in [9.17, 15) is 10.2 Å². The van der Waals surface area contributed by atoms with E-state index < -0.39 is 0 Å². The van der Waals surface area contributed by atoms with Crippen molar-refractivity contribution in [2.24, 2.45) is 0 Å². The Morgan fingerprint density at radius 1 is 0.696 bits per heavy atom. The van der Waals surface area contributed by atoms with Crippen LogP contribution in [0.4, 0.5) is 17.1 Å². The first kappa shape index (κ1) is 15.0. The predicted molar refractivity (Wildman–Crippen MR) is 93.9 cm³/mol. The Kier molecular flexibility index (Phi) is 3.94. The zero-order chi connectivity index (χ0) is 16.4. The molecular formula is C20H19NO2. The third kappa shape index (κ3) is 2.73. The molecule has 3 aromatic carbocycles. The summed E-state index contributed by atoms with van der Waals surface area (Å²) in [5.41, 5.74) is 4.43. The molecule has 0 saturated heterocycles. The summed E-state index contributed by atoms with van der Waals surface area (Å²) in [5, 5.41) is 20.0. The Hall–Kier alpha value is -2.94. The number of aromatic hydroxyl groups is 2. The van der Waals surface area contributed by atoms with Crippen molar-refractivity contribution in [3.05, 3.63) is 77.9 Å². The molecule has 2 N–H and O–H groups in total. The number of phenols is 2. The van der Waals surface area contributed by atoms with Gasteiger partial charge in [0.15, 0.2) is 11.5 Å². The molecule has 0 aliphatic heterocycles. The van der Waals surface area contributed by atoms with E-state index in [4.69, 9.17) is 0 Å². The normalized spacial score (nSPS) is 10.5. The fourth-order valence-electron chi connectivity index (χ4n) is 2.68. The highest BCUT2D eigenvalue weighted by molar-refractivity contribution is 5.80. The van der Waals surface area contributed by atoms with Gasteiger partial charge in [0.05, 0.1) is 5.69 Å². The Bertz CT molecular complexity index is 775. The molecule has 0 radical (unpaired) electrons. The number of nitrogens with zero attached hydrogens (tertiary/aromatic N) is 1. The van der Waals surface area contributed by atoms with Gasteiger partial charge in [-0.2, -0.15) is 0 Å². The van der Waals surface area contributed by atoms with Crippen LogP contribution >= 0.6 is 0 Å². The molecule has 0 aromatic heterocycles. The summed E-state index contributed by atoms with van der Waals surface area (Å²) in [6.45, 7) is 3.75. The lowest BCUT2D eigenvalue weighted by Crippen LogP contribution is -2.11. The second-order valence-corrected chi connectivity index (χ2v) is 5.52. The van der Waals surface area contributed by atoms with Crippen LogP contribution < -0.4 is 4.90 Å². The average Bonchev–Trinajstić information content (AvgIpc) is 2.60. The van der Waals surface area contributed by atoms with Crippen LogP contribution in [0, 0.1) is 13.8 Å². The Morgan fingerprint density at radius 2 is 1.17 bits per heavy atom. The van der Waals surface area contributed by atoms with Gasteiger partial charge in [-0.05, 0) is 49.2 Å². The van der Waals surface area contributed by atoms with E-state index in [1.165, 1.54) is 0 Å². The van der Waals surface area contributed by atoms with Gasteiger partial charge >= 0.3 is 0 Å². The lowest BCUT2D eigenvalue weighted by atomic mass is 10.0. The first-order chi connectivity index (χ1) is 11.1. The van der Waals surface area contributed by atoms with Crippen molar-refractivity contribution in [1.29, 1.82) is 0 Å². The lowest BCUT2D eigenvalue weighted by molar-refractivity contribution is 0.401. The minimum atomic E-state index is -0.111. The van der Waals surface area contributed by atoms with Crippen LogP contribution in [0.25, 0.3) is 0 Å². The van der Waals surface area contributed by atoms with Crippen molar-refractivity contribution in [3.8, 4) is 11.5 Å². The van der Waals surface area contributed by atoms with E-state index in [1.54, 1.807) is 6.07 Å². The Labute approximate surface area is 136 Å². The maximum absolute atomic E-state index is 10.1. The van der Waals surface area contributed by atoms with Gasteiger partial charge in [0.25, 0.3) is 0 Å². The minimum absolute atomic E-state index is 0.0627. The van der Waals surface area contributed by atoms with E-state index in [-0.39, 0.29) is 11.5 Å². The third-order valence-electron chi connectivity index (χ3n) is 4.09. The quantitative estimate of drug-likeness (QED) is 0.655. The number of hydrogen-bond donors (Lipinski definition) is 2. The van der Waals surface area contributed by atoms with E-state index in [0.717, 1.165) is 22.6 Å². The number of hydrogen-bond acceptors (Lipinski definition) is 3. The van der Waals surface area contributed by atoms with Crippen LogP contribution in [0.2, 0.25) is 0 Å². The van der Waals surface area contributed by atoms with Gasteiger partial charge in [0.1, 0.15) is 0 Å². The van der Waals surface area contributed by atoms with Crippen molar-refractivity contribution < 1.29 is 10.2 Å². The fourth-order valence-corrected chi connectivity index (χ4v) is 2.68. The highest BCUT2D eigenvalue weighted by Gasteiger charge is 2.18. The summed E-state index contributed by atoms with van der Waals surface area (Å²) in [7, 11) is 0. The summed E-state index contributed by atoms with van der Waals surface area (Å²) in [4.78, 5) is 2.07. The topological polar surface area (TPSA) is 43.7 Å². The molecule has 3 nitrogen and oxygen atoms in total. The van der Waals surface area contributed by atoms with E-state index in [1.807, 2.05) is 74.5 Å². The maximum atomic E-state index is 10.1. The Balaban J connectivity index is 2.26. The van der Waals surface area contributed by atoms with Gasteiger partial charge in [-0.25, -0.2) is 0 Å². The molecular weight excluding hydrogens is 286 g/mol. The summed E-state index contributed by atoms with van der Waals surface area (Å²) < 4.78 is 0. The first-order valence-electron chi connectivity index (χ1n) is 7.52. The van der Waals surface area contributed by atoms with Crippen LogP contribution in [0.1, 0.15) is 11.1 Å². The first-order valence-corrected chi connectivity index (χ1v) is 7.52. The Morgan fingerprint density at radius 3 is 1.65 bits per heavy atom. The van der Waals surface area contributed by atoms with Crippen molar-refractivity contribution in [1.82, 2.24) is 0 Å². The van der Waals surface area contributed by atoms with Gasteiger partial charge in [-0.3, -0.25) is 0 Å². The highest BCUT2D eigenvalue weighted by Crippen LogP contribution is 2.43. The van der Waals surface area contributed by atoms with Gasteiger partial charge in [0.2, 0.25) is 0 Å². The average molecular weight is 305 g/mol. The highest BCUT2D eigenvalue weighted by atomic mass is 16.3. The summed E-state index contributed by atoms with van der Waals surface area (Å²) >= 11 is 0. The summed E-state index contributed by atoms with van der Waals surface area (Å²) in [5.74, 6) is -0.174. The molecule has 0 unspecified atom stereocenters. The molecule has 0 fully saturated rings. The SMILES string of the molecule is Cc1c(N(c2ccccc2)c2ccccc2)cc(O)c(O)c1C. The van der Waals surface area contributed by atoms with E-state index >= 15 is 0 Å². The van der Waals surface area contributed by atoms with Crippen molar-refractivity contribution in [3.63, 3.8) is 0 Å². The molecule has 3 rings (SSSR count). The predicted octanol–water partition coefficient (Wildman–Crippen LogP) is 5.18. The van der Waals surface area contributed by atoms with Gasteiger partial charge in [-0.15, -0.1) is 0 Å². The third-order valence-corrected chi connectivity index (χ3v) is 4.09. The standard InChI is InChI=1S/C20H19NO2/c1-14-15(2)20(23)19(22)13-18(14)21(16-9-5-3-6-10-16)17-11-7-4-8-12-17/h3-13,22-23H,1-2H3. The van der Waals surface area contributed by atoms with Gasteiger partial charge < -0.3 is 15.1 Å². The number of benzene rings is 3. The molecule has 0 aliphatic rings. The largest absolute Gasteiger partial charge is 0.504 e. The number of rotatable bonds is 3. The fraction of sp³-hybridized carbons (Fsp3) is 0.100. The molecule has 0 bridgehead atoms. The second kappa shape index (κ2) is 6.05. The zero-order valence-corrected chi connectivity index (χ0v) is 13.2. The molecule has 0 heterocycles. The molecule has 0 spiro atoms. The maximum Gasteiger partial charge on any atom is 0.160 e. The van der Waals surface area contributed by atoms with Crippen molar-refractivity contribution >= 4 is 17.1 Å². The van der Waals surface area contributed by atoms with Crippen molar-refractivity contribution in [2.75, 3.05) is 4.90 Å². The number of anilines is 3. The van der Waals surface area contributed by atoms with Crippen LogP contribution in [-0.4, -0.2) is 10.2 Å². The molecule has 3 heteroatoms. The van der Waals surface area contributed by atoms with Crippen LogP contribution in [0.15, 0.2) is 66.7 Å². The summed E-state index contributed by atoms with van der Waals surface area (Å²) in [6, 6.07) is 21.5. The second-order valence-electron chi connectivity index (χ2n) is 5.52. The van der Waals surface area contributed by atoms with Crippen LogP contribution in [-0.2, 0) is 0 Å². The molecule has 0 aliphatic carbocycles. The van der Waals surface area contributed by atoms with Crippen LogP contribution in [0.3, 0.4) is 0 Å². The lowest BCUT2D eigenvalue weighted by Gasteiger charge is -2.28. The smallest absolute Gasteiger partial charge is 0.160 e. The molecule has 0 amide bonds. The van der Waals surface area contributed by atoms with Gasteiger partial charge in [0, 0.05) is 17.4 Å². The number of para-hydroxylation sites is 2. The van der Waals surface area contributed by atoms with E-state index in [2.05, 4.69) is 4.90 Å². The number of phenolic OH excluding ortho intramolecular Hbond substituents is 2.